The predicted molar refractivity (Wildman–Crippen MR) is 94.7 cm³/mol. The van der Waals surface area contributed by atoms with E-state index in [1.807, 2.05) is 42.5 Å². The summed E-state index contributed by atoms with van der Waals surface area (Å²) in [5, 5.41) is 10.4. The van der Waals surface area contributed by atoms with Crippen molar-refractivity contribution in [3.63, 3.8) is 0 Å². The summed E-state index contributed by atoms with van der Waals surface area (Å²) in [4.78, 5) is 12.7. The van der Waals surface area contributed by atoms with E-state index in [1.165, 1.54) is 6.08 Å². The minimum absolute atomic E-state index is 0.0138. The van der Waals surface area contributed by atoms with Crippen LogP contribution in [0.2, 0.25) is 0 Å². The topological polar surface area (TPSA) is 89.3 Å². The van der Waals surface area contributed by atoms with E-state index in [2.05, 4.69) is 11.9 Å². The molecule has 24 heavy (non-hydrogen) atoms. The fourth-order valence-electron chi connectivity index (χ4n) is 3.46. The number of hydrogen-bond acceptors (Lipinski definition) is 3. The van der Waals surface area contributed by atoms with Gasteiger partial charge in [-0.1, -0.05) is 48.5 Å². The maximum absolute atomic E-state index is 12.7. The van der Waals surface area contributed by atoms with Gasteiger partial charge in [-0.2, -0.15) is 0 Å². The lowest BCUT2D eigenvalue weighted by atomic mass is 9.86. The van der Waals surface area contributed by atoms with Crippen molar-refractivity contribution in [2.24, 2.45) is 5.14 Å². The molecule has 0 radical (unpaired) electrons. The molecule has 2 unspecified atom stereocenters. The second-order valence-corrected chi connectivity index (χ2v) is 8.04. The first-order chi connectivity index (χ1) is 11.4. The second-order valence-electron chi connectivity index (χ2n) is 6.17. The number of sulfonamides is 1. The molecule has 1 heterocycles. The third-order valence-corrected chi connectivity index (χ3v) is 6.42. The van der Waals surface area contributed by atoms with Crippen molar-refractivity contribution in [1.82, 2.24) is 5.32 Å². The first-order valence-corrected chi connectivity index (χ1v) is 9.35. The first kappa shape index (κ1) is 16.7. The SMILES string of the molecule is C=CCC1(S(N)(=O)=O)CCC(c2cccc3ccccc23)NC1=O. The Labute approximate surface area is 141 Å². The quantitative estimate of drug-likeness (QED) is 0.835. The van der Waals surface area contributed by atoms with Crippen LogP contribution in [0.5, 0.6) is 0 Å². The van der Waals surface area contributed by atoms with Crippen molar-refractivity contribution in [3.8, 4) is 0 Å². The molecule has 126 valence electrons. The third-order valence-electron chi connectivity index (χ3n) is 4.77. The molecule has 0 aliphatic carbocycles. The van der Waals surface area contributed by atoms with Crippen LogP contribution in [0.4, 0.5) is 0 Å². The summed E-state index contributed by atoms with van der Waals surface area (Å²) in [5.74, 6) is -0.547. The number of allylic oxidation sites excluding steroid dienone is 1. The molecule has 5 nitrogen and oxygen atoms in total. The molecular weight excluding hydrogens is 324 g/mol. The highest BCUT2D eigenvalue weighted by atomic mass is 32.2. The van der Waals surface area contributed by atoms with E-state index in [1.54, 1.807) is 0 Å². The van der Waals surface area contributed by atoms with E-state index in [4.69, 9.17) is 5.14 Å². The van der Waals surface area contributed by atoms with E-state index in [9.17, 15) is 13.2 Å². The van der Waals surface area contributed by atoms with Gasteiger partial charge in [-0.05, 0) is 35.6 Å². The summed E-state index contributed by atoms with van der Waals surface area (Å²) >= 11 is 0. The zero-order valence-corrected chi connectivity index (χ0v) is 14.1. The number of amides is 1. The summed E-state index contributed by atoms with van der Waals surface area (Å²) in [6.45, 7) is 3.57. The Morgan fingerprint density at radius 3 is 2.62 bits per heavy atom. The molecule has 0 aromatic heterocycles. The lowest BCUT2D eigenvalue weighted by molar-refractivity contribution is -0.126. The number of primary sulfonamides is 1. The minimum atomic E-state index is -4.03. The molecule has 1 aliphatic heterocycles. The summed E-state index contributed by atoms with van der Waals surface area (Å²) in [6.07, 6.45) is 2.13. The van der Waals surface area contributed by atoms with Crippen LogP contribution < -0.4 is 10.5 Å². The maximum Gasteiger partial charge on any atom is 0.243 e. The standard InChI is InChI=1S/C18H20N2O3S/c1-2-11-18(24(19,22)23)12-10-16(20-17(18)21)15-9-5-7-13-6-3-4-8-14(13)15/h2-9,16H,1,10-12H2,(H,20,21)(H2,19,22,23). The van der Waals surface area contributed by atoms with Crippen LogP contribution in [0.25, 0.3) is 10.8 Å². The van der Waals surface area contributed by atoms with Gasteiger partial charge in [0.25, 0.3) is 0 Å². The number of nitrogens with two attached hydrogens (primary N) is 1. The Hall–Kier alpha value is -2.18. The van der Waals surface area contributed by atoms with Crippen molar-refractivity contribution >= 4 is 26.7 Å². The van der Waals surface area contributed by atoms with Gasteiger partial charge in [0.05, 0.1) is 6.04 Å². The van der Waals surface area contributed by atoms with E-state index in [-0.39, 0.29) is 18.9 Å². The predicted octanol–water partition coefficient (Wildman–Crippen LogP) is 2.39. The summed E-state index contributed by atoms with van der Waals surface area (Å²) in [5.41, 5.74) is 0.989. The number of nitrogens with one attached hydrogen (secondary N) is 1. The third kappa shape index (κ3) is 2.61. The lowest BCUT2D eigenvalue weighted by Gasteiger charge is -2.37. The number of rotatable bonds is 4. The largest absolute Gasteiger partial charge is 0.348 e. The van der Waals surface area contributed by atoms with Crippen LogP contribution in [0.15, 0.2) is 55.1 Å². The van der Waals surface area contributed by atoms with Crippen LogP contribution in [0.3, 0.4) is 0 Å². The van der Waals surface area contributed by atoms with Crippen molar-refractivity contribution in [2.45, 2.75) is 30.1 Å². The fourth-order valence-corrected chi connectivity index (χ4v) is 4.53. The van der Waals surface area contributed by atoms with Crippen LogP contribution >= 0.6 is 0 Å². The zero-order chi connectivity index (χ0) is 17.4. The smallest absolute Gasteiger partial charge is 0.243 e. The molecule has 2 aromatic rings. The molecule has 2 aromatic carbocycles. The van der Waals surface area contributed by atoms with Crippen LogP contribution in [-0.2, 0) is 14.8 Å². The number of piperidine rings is 1. The second kappa shape index (κ2) is 6.03. The van der Waals surface area contributed by atoms with Gasteiger partial charge in [0.15, 0.2) is 4.75 Å². The Kier molecular flexibility index (Phi) is 4.19. The summed E-state index contributed by atoms with van der Waals surface area (Å²) in [6, 6.07) is 13.6. The Morgan fingerprint density at radius 1 is 1.25 bits per heavy atom. The number of hydrogen-bond donors (Lipinski definition) is 2. The Morgan fingerprint density at radius 2 is 1.96 bits per heavy atom. The highest BCUT2D eigenvalue weighted by molar-refractivity contribution is 7.91. The van der Waals surface area contributed by atoms with Crippen molar-refractivity contribution in [2.75, 3.05) is 0 Å². The van der Waals surface area contributed by atoms with E-state index in [0.29, 0.717) is 6.42 Å². The molecule has 0 saturated carbocycles. The van der Waals surface area contributed by atoms with Crippen LogP contribution in [-0.4, -0.2) is 19.1 Å². The Bertz CT molecular complexity index is 902. The Balaban J connectivity index is 1.98. The monoisotopic (exact) mass is 344 g/mol. The van der Waals surface area contributed by atoms with E-state index in [0.717, 1.165) is 16.3 Å². The molecule has 3 rings (SSSR count). The van der Waals surface area contributed by atoms with Gasteiger partial charge in [-0.25, -0.2) is 13.6 Å². The number of benzene rings is 2. The molecule has 1 fully saturated rings. The summed E-state index contributed by atoms with van der Waals surface area (Å²) in [7, 11) is -4.03. The average molecular weight is 344 g/mol. The normalized spacial score (nSPS) is 24.5. The highest BCUT2D eigenvalue weighted by Crippen LogP contribution is 2.37. The van der Waals surface area contributed by atoms with Crippen LogP contribution in [0.1, 0.15) is 30.9 Å². The zero-order valence-electron chi connectivity index (χ0n) is 13.2. The molecule has 1 amide bonds. The fraction of sp³-hybridized carbons (Fsp3) is 0.278. The lowest BCUT2D eigenvalue weighted by Crippen LogP contribution is -2.58. The molecule has 0 bridgehead atoms. The molecule has 1 saturated heterocycles. The molecule has 1 aliphatic rings. The van der Waals surface area contributed by atoms with Crippen molar-refractivity contribution in [1.29, 1.82) is 0 Å². The number of fused-ring (bicyclic) bond motifs is 1. The minimum Gasteiger partial charge on any atom is -0.348 e. The molecule has 0 spiro atoms. The average Bonchev–Trinajstić information content (AvgIpc) is 2.55. The van der Waals surface area contributed by atoms with E-state index >= 15 is 0 Å². The first-order valence-electron chi connectivity index (χ1n) is 7.81. The van der Waals surface area contributed by atoms with Gasteiger partial charge in [0.1, 0.15) is 0 Å². The molecule has 6 heteroatoms. The maximum atomic E-state index is 12.7. The number of carbonyl (C=O) groups is 1. The molecule has 2 atom stereocenters. The van der Waals surface area contributed by atoms with E-state index < -0.39 is 20.7 Å². The van der Waals surface area contributed by atoms with Crippen LogP contribution in [0, 0.1) is 0 Å². The van der Waals surface area contributed by atoms with Crippen molar-refractivity contribution in [3.05, 3.63) is 60.7 Å². The highest BCUT2D eigenvalue weighted by Gasteiger charge is 2.51. The molecule has 3 N–H and O–H groups in total. The van der Waals surface area contributed by atoms with Crippen molar-refractivity contribution < 1.29 is 13.2 Å². The van der Waals surface area contributed by atoms with Gasteiger partial charge in [-0.3, -0.25) is 4.79 Å². The molecular formula is C18H20N2O3S. The van der Waals surface area contributed by atoms with Gasteiger partial charge in [0.2, 0.25) is 15.9 Å². The van der Waals surface area contributed by atoms with Gasteiger partial charge in [0, 0.05) is 0 Å². The van der Waals surface area contributed by atoms with Gasteiger partial charge in [-0.15, -0.1) is 6.58 Å². The number of carbonyl (C=O) groups excluding carboxylic acids is 1. The van der Waals surface area contributed by atoms with Gasteiger partial charge >= 0.3 is 0 Å². The van der Waals surface area contributed by atoms with Gasteiger partial charge < -0.3 is 5.32 Å². The summed E-state index contributed by atoms with van der Waals surface area (Å²) < 4.78 is 22.5.